The molecule has 178 valence electrons. The van der Waals surface area contributed by atoms with Gasteiger partial charge in [0.15, 0.2) is 0 Å². The minimum Gasteiger partial charge on any atom is -0.385 e. The Morgan fingerprint density at radius 1 is 0.971 bits per heavy atom. The number of nitrogens with zero attached hydrogens (tertiary/aromatic N) is 2. The molecule has 0 unspecified atom stereocenters. The van der Waals surface area contributed by atoms with Crippen molar-refractivity contribution in [3.8, 4) is 0 Å². The standard InChI is InChI=1S/C25H27ClN4O3S/c26-24-23(7-4-15-28-24)34(32,33)30-17-13-20(14-18-30)25(31)29-22-10-8-21(9-11-22)27-16-12-19-5-2-1-3-6-19/h1-11,15,20,27H,12-14,16-18H2,(H,29,31). The second-order valence-electron chi connectivity index (χ2n) is 8.20. The minimum atomic E-state index is -3.73. The van der Waals surface area contributed by atoms with Gasteiger partial charge < -0.3 is 10.6 Å². The largest absolute Gasteiger partial charge is 0.385 e. The second-order valence-corrected chi connectivity index (χ2v) is 10.5. The Hall–Kier alpha value is -2.94. The van der Waals surface area contributed by atoms with Crippen LogP contribution in [-0.4, -0.2) is 43.2 Å². The van der Waals surface area contributed by atoms with E-state index in [0.717, 1.165) is 24.3 Å². The third kappa shape index (κ3) is 5.94. The van der Waals surface area contributed by atoms with Crippen LogP contribution in [-0.2, 0) is 21.2 Å². The molecular formula is C25H27ClN4O3S. The number of hydrogen-bond acceptors (Lipinski definition) is 5. The van der Waals surface area contributed by atoms with E-state index in [0.29, 0.717) is 12.8 Å². The Morgan fingerprint density at radius 3 is 2.32 bits per heavy atom. The van der Waals surface area contributed by atoms with Gasteiger partial charge in [-0.25, -0.2) is 13.4 Å². The fourth-order valence-electron chi connectivity index (χ4n) is 3.97. The second kappa shape index (κ2) is 11.0. The summed E-state index contributed by atoms with van der Waals surface area (Å²) in [5, 5.41) is 6.29. The first-order valence-electron chi connectivity index (χ1n) is 11.2. The van der Waals surface area contributed by atoms with Gasteiger partial charge in [0.25, 0.3) is 0 Å². The van der Waals surface area contributed by atoms with Crippen LogP contribution in [0, 0.1) is 5.92 Å². The zero-order chi connectivity index (χ0) is 24.0. The SMILES string of the molecule is O=C(Nc1ccc(NCCc2ccccc2)cc1)C1CCN(S(=O)(=O)c2cccnc2Cl)CC1. The predicted octanol–water partition coefficient (Wildman–Crippen LogP) is 4.43. The lowest BCUT2D eigenvalue weighted by Gasteiger charge is -2.30. The maximum absolute atomic E-state index is 12.9. The van der Waals surface area contributed by atoms with Crippen LogP contribution in [0.25, 0.3) is 0 Å². The zero-order valence-electron chi connectivity index (χ0n) is 18.7. The number of sulfonamides is 1. The summed E-state index contributed by atoms with van der Waals surface area (Å²) in [6.07, 6.45) is 3.27. The summed E-state index contributed by atoms with van der Waals surface area (Å²) in [5.41, 5.74) is 2.98. The van der Waals surface area contributed by atoms with E-state index in [1.54, 1.807) is 6.07 Å². The lowest BCUT2D eigenvalue weighted by atomic mass is 9.97. The molecule has 3 aromatic rings. The number of benzene rings is 2. The van der Waals surface area contributed by atoms with Crippen molar-refractivity contribution < 1.29 is 13.2 Å². The van der Waals surface area contributed by atoms with Crippen molar-refractivity contribution in [2.24, 2.45) is 5.92 Å². The molecule has 1 amide bonds. The molecule has 2 N–H and O–H groups in total. The van der Waals surface area contributed by atoms with Gasteiger partial charge in [0, 0.05) is 43.1 Å². The molecule has 0 atom stereocenters. The molecule has 2 aromatic carbocycles. The van der Waals surface area contributed by atoms with Crippen LogP contribution in [0.2, 0.25) is 5.15 Å². The monoisotopic (exact) mass is 498 g/mol. The van der Waals surface area contributed by atoms with Crippen molar-refractivity contribution in [3.63, 3.8) is 0 Å². The van der Waals surface area contributed by atoms with Crippen LogP contribution in [0.5, 0.6) is 0 Å². The first kappa shape index (κ1) is 24.2. The Bertz CT molecular complexity index is 1210. The number of hydrogen-bond donors (Lipinski definition) is 2. The number of halogens is 1. The summed E-state index contributed by atoms with van der Waals surface area (Å²) < 4.78 is 27.1. The van der Waals surface area contributed by atoms with Gasteiger partial charge in [-0.15, -0.1) is 0 Å². The summed E-state index contributed by atoms with van der Waals surface area (Å²) in [7, 11) is -3.73. The molecule has 0 radical (unpaired) electrons. The molecule has 0 saturated carbocycles. The number of piperidine rings is 1. The van der Waals surface area contributed by atoms with Crippen molar-refractivity contribution in [2.45, 2.75) is 24.2 Å². The fourth-order valence-corrected chi connectivity index (χ4v) is 5.87. The molecule has 1 saturated heterocycles. The summed E-state index contributed by atoms with van der Waals surface area (Å²) in [5.74, 6) is -0.347. The Balaban J connectivity index is 1.26. The third-order valence-electron chi connectivity index (χ3n) is 5.91. The van der Waals surface area contributed by atoms with Crippen molar-refractivity contribution in [1.82, 2.24) is 9.29 Å². The van der Waals surface area contributed by atoms with Crippen molar-refractivity contribution in [2.75, 3.05) is 30.3 Å². The minimum absolute atomic E-state index is 0.00274. The van der Waals surface area contributed by atoms with Crippen LogP contribution in [0.4, 0.5) is 11.4 Å². The van der Waals surface area contributed by atoms with Crippen molar-refractivity contribution in [3.05, 3.63) is 83.6 Å². The summed E-state index contributed by atoms with van der Waals surface area (Å²) >= 11 is 5.98. The molecule has 1 aliphatic rings. The van der Waals surface area contributed by atoms with Gasteiger partial charge >= 0.3 is 0 Å². The van der Waals surface area contributed by atoms with E-state index < -0.39 is 10.0 Å². The van der Waals surface area contributed by atoms with Crippen molar-refractivity contribution >= 4 is 38.9 Å². The van der Waals surface area contributed by atoms with Crippen LogP contribution >= 0.6 is 11.6 Å². The highest BCUT2D eigenvalue weighted by atomic mass is 35.5. The number of pyridine rings is 1. The molecule has 1 aromatic heterocycles. The molecule has 1 fully saturated rings. The van der Waals surface area contributed by atoms with E-state index in [1.807, 2.05) is 42.5 Å². The average molecular weight is 499 g/mol. The van der Waals surface area contributed by atoms with Gasteiger partial charge in [-0.3, -0.25) is 4.79 Å². The van der Waals surface area contributed by atoms with E-state index in [4.69, 9.17) is 11.6 Å². The smallest absolute Gasteiger partial charge is 0.246 e. The van der Waals surface area contributed by atoms with Gasteiger partial charge in [-0.1, -0.05) is 41.9 Å². The molecule has 0 spiro atoms. The Labute approximate surface area is 205 Å². The average Bonchev–Trinajstić information content (AvgIpc) is 2.86. The fraction of sp³-hybridized carbons (Fsp3) is 0.280. The number of nitrogens with one attached hydrogen (secondary N) is 2. The van der Waals surface area contributed by atoms with Gasteiger partial charge in [0.05, 0.1) is 0 Å². The molecule has 4 rings (SSSR count). The van der Waals surface area contributed by atoms with Gasteiger partial charge in [0.1, 0.15) is 10.0 Å². The van der Waals surface area contributed by atoms with Crippen LogP contribution in [0.3, 0.4) is 0 Å². The van der Waals surface area contributed by atoms with Crippen LogP contribution in [0.15, 0.2) is 77.8 Å². The zero-order valence-corrected chi connectivity index (χ0v) is 20.2. The number of rotatable bonds is 8. The van der Waals surface area contributed by atoms with Gasteiger partial charge in [-0.05, 0) is 61.2 Å². The molecule has 0 bridgehead atoms. The van der Waals surface area contributed by atoms with Crippen molar-refractivity contribution in [1.29, 1.82) is 0 Å². The Kier molecular flexibility index (Phi) is 7.82. The molecule has 34 heavy (non-hydrogen) atoms. The number of anilines is 2. The van der Waals surface area contributed by atoms with Crippen LogP contribution in [0.1, 0.15) is 18.4 Å². The highest BCUT2D eigenvalue weighted by Gasteiger charge is 2.33. The van der Waals surface area contributed by atoms with E-state index in [1.165, 1.54) is 22.1 Å². The van der Waals surface area contributed by atoms with E-state index in [2.05, 4.69) is 27.8 Å². The number of aromatic nitrogens is 1. The molecule has 9 heteroatoms. The Morgan fingerprint density at radius 2 is 1.65 bits per heavy atom. The molecule has 1 aliphatic heterocycles. The normalized spacial score (nSPS) is 15.1. The summed E-state index contributed by atoms with van der Waals surface area (Å²) in [6, 6.07) is 20.9. The molecular weight excluding hydrogens is 472 g/mol. The highest BCUT2D eigenvalue weighted by molar-refractivity contribution is 7.89. The first-order chi connectivity index (χ1) is 16.4. The van der Waals surface area contributed by atoms with E-state index in [-0.39, 0.29) is 35.0 Å². The number of carbonyl (C=O) groups is 1. The summed E-state index contributed by atoms with van der Waals surface area (Å²) in [4.78, 5) is 16.6. The van der Waals surface area contributed by atoms with E-state index in [9.17, 15) is 13.2 Å². The molecule has 0 aliphatic carbocycles. The predicted molar refractivity (Wildman–Crippen MR) is 134 cm³/mol. The summed E-state index contributed by atoms with van der Waals surface area (Å²) in [6.45, 7) is 1.34. The number of amides is 1. The maximum atomic E-state index is 12.9. The first-order valence-corrected chi connectivity index (χ1v) is 13.0. The van der Waals surface area contributed by atoms with Gasteiger partial charge in [-0.2, -0.15) is 4.31 Å². The van der Waals surface area contributed by atoms with Crippen LogP contribution < -0.4 is 10.6 Å². The topological polar surface area (TPSA) is 91.4 Å². The quantitative estimate of drug-likeness (QED) is 0.448. The maximum Gasteiger partial charge on any atom is 0.246 e. The molecule has 2 heterocycles. The lowest BCUT2D eigenvalue weighted by molar-refractivity contribution is -0.120. The third-order valence-corrected chi connectivity index (χ3v) is 8.25. The highest BCUT2D eigenvalue weighted by Crippen LogP contribution is 2.27. The lowest BCUT2D eigenvalue weighted by Crippen LogP contribution is -2.41. The molecule has 7 nitrogen and oxygen atoms in total. The number of carbonyl (C=O) groups excluding carboxylic acids is 1. The van der Waals surface area contributed by atoms with E-state index >= 15 is 0 Å². The van der Waals surface area contributed by atoms with Gasteiger partial charge in [0.2, 0.25) is 15.9 Å².